The van der Waals surface area contributed by atoms with E-state index in [4.69, 9.17) is 9.15 Å². The van der Waals surface area contributed by atoms with E-state index < -0.39 is 0 Å². The second-order valence-electron chi connectivity index (χ2n) is 2.90. The summed E-state index contributed by atoms with van der Waals surface area (Å²) in [6, 6.07) is 3.89. The van der Waals surface area contributed by atoms with Gasteiger partial charge in [0.1, 0.15) is 11.3 Å². The lowest BCUT2D eigenvalue weighted by molar-refractivity contribution is 0.412. The summed E-state index contributed by atoms with van der Waals surface area (Å²) in [6.45, 7) is 2.01. The van der Waals surface area contributed by atoms with Crippen molar-refractivity contribution in [2.75, 3.05) is 7.11 Å². The summed E-state index contributed by atoms with van der Waals surface area (Å²) >= 11 is 3.40. The van der Waals surface area contributed by atoms with Gasteiger partial charge in [-0.25, -0.2) is 0 Å². The van der Waals surface area contributed by atoms with Crippen molar-refractivity contribution >= 4 is 26.9 Å². The summed E-state index contributed by atoms with van der Waals surface area (Å²) in [5.74, 6) is 0.831. The Hall–Kier alpha value is -0.960. The van der Waals surface area contributed by atoms with E-state index in [1.54, 1.807) is 13.4 Å². The van der Waals surface area contributed by atoms with Gasteiger partial charge in [-0.05, 0) is 40.5 Å². The smallest absolute Gasteiger partial charge is 0.135 e. The highest BCUT2D eigenvalue weighted by atomic mass is 79.9. The maximum atomic E-state index is 5.34. The summed E-state index contributed by atoms with van der Waals surface area (Å²) < 4.78 is 11.4. The molecule has 1 aromatic heterocycles. The summed E-state index contributed by atoms with van der Waals surface area (Å²) in [5.41, 5.74) is 2.01. The number of hydrogen-bond acceptors (Lipinski definition) is 2. The highest BCUT2D eigenvalue weighted by molar-refractivity contribution is 9.10. The minimum Gasteiger partial charge on any atom is -0.496 e. The van der Waals surface area contributed by atoms with Crippen molar-refractivity contribution in [3.8, 4) is 5.75 Å². The molecule has 3 heteroatoms. The Bertz CT molecular complexity index is 445. The van der Waals surface area contributed by atoms with Gasteiger partial charge in [0.05, 0.1) is 17.8 Å². The summed E-state index contributed by atoms with van der Waals surface area (Å²) in [5, 5.41) is 1.10. The molecule has 0 fully saturated rings. The largest absolute Gasteiger partial charge is 0.496 e. The molecule has 2 aromatic rings. The minimum atomic E-state index is 0.831. The van der Waals surface area contributed by atoms with Gasteiger partial charge in [-0.3, -0.25) is 0 Å². The van der Waals surface area contributed by atoms with Gasteiger partial charge in [-0.15, -0.1) is 0 Å². The zero-order valence-electron chi connectivity index (χ0n) is 7.43. The third-order valence-electron chi connectivity index (χ3n) is 2.04. The van der Waals surface area contributed by atoms with E-state index in [-0.39, 0.29) is 0 Å². The van der Waals surface area contributed by atoms with E-state index in [2.05, 4.69) is 15.9 Å². The molecule has 0 atom stereocenters. The molecule has 0 aliphatic carbocycles. The third kappa shape index (κ3) is 1.33. The molecule has 68 valence electrons. The van der Waals surface area contributed by atoms with E-state index >= 15 is 0 Å². The lowest BCUT2D eigenvalue weighted by Gasteiger charge is -2.02. The molecule has 1 heterocycles. The van der Waals surface area contributed by atoms with Gasteiger partial charge >= 0.3 is 0 Å². The predicted molar refractivity (Wildman–Crippen MR) is 55.2 cm³/mol. The molecule has 0 aliphatic heterocycles. The molecular weight excluding hydrogens is 232 g/mol. The molecule has 13 heavy (non-hydrogen) atoms. The summed E-state index contributed by atoms with van der Waals surface area (Å²) in [7, 11) is 1.65. The van der Waals surface area contributed by atoms with Crippen LogP contribution in [0.2, 0.25) is 0 Å². The fraction of sp³-hybridized carbons (Fsp3) is 0.200. The Balaban J connectivity index is 2.77. The normalized spacial score (nSPS) is 10.7. The van der Waals surface area contributed by atoms with E-state index in [1.807, 2.05) is 19.1 Å². The Morgan fingerprint density at radius 1 is 1.38 bits per heavy atom. The first-order chi connectivity index (χ1) is 6.22. The highest BCUT2D eigenvalue weighted by Crippen LogP contribution is 2.32. The van der Waals surface area contributed by atoms with Crippen LogP contribution in [0.15, 0.2) is 27.3 Å². The third-order valence-corrected chi connectivity index (χ3v) is 2.66. The second-order valence-corrected chi connectivity index (χ2v) is 3.76. The number of rotatable bonds is 1. The maximum Gasteiger partial charge on any atom is 0.135 e. The first kappa shape index (κ1) is 8.63. The van der Waals surface area contributed by atoms with Crippen LogP contribution in [0.5, 0.6) is 5.75 Å². The monoisotopic (exact) mass is 240 g/mol. The number of furan rings is 1. The van der Waals surface area contributed by atoms with Crippen LogP contribution in [-0.4, -0.2) is 7.11 Å². The molecule has 2 rings (SSSR count). The lowest BCUT2D eigenvalue weighted by atomic mass is 10.2. The topological polar surface area (TPSA) is 22.4 Å². The van der Waals surface area contributed by atoms with Crippen LogP contribution in [0.4, 0.5) is 0 Å². The number of hydrogen-bond donors (Lipinski definition) is 0. The van der Waals surface area contributed by atoms with Crippen LogP contribution in [0.25, 0.3) is 11.0 Å². The van der Waals surface area contributed by atoms with Crippen LogP contribution in [0.3, 0.4) is 0 Å². The van der Waals surface area contributed by atoms with Crippen LogP contribution >= 0.6 is 15.9 Å². The fourth-order valence-corrected chi connectivity index (χ4v) is 1.80. The predicted octanol–water partition coefficient (Wildman–Crippen LogP) is 3.51. The number of ether oxygens (including phenoxy) is 1. The van der Waals surface area contributed by atoms with E-state index in [0.717, 1.165) is 26.8 Å². The number of aryl methyl sites for hydroxylation is 1. The first-order valence-electron chi connectivity index (χ1n) is 3.93. The van der Waals surface area contributed by atoms with Gasteiger partial charge in [-0.2, -0.15) is 0 Å². The molecule has 0 saturated heterocycles. The van der Waals surface area contributed by atoms with Crippen molar-refractivity contribution < 1.29 is 9.15 Å². The van der Waals surface area contributed by atoms with Crippen molar-refractivity contribution in [2.24, 2.45) is 0 Å². The average Bonchev–Trinajstić information content (AvgIpc) is 2.46. The van der Waals surface area contributed by atoms with Crippen molar-refractivity contribution in [2.45, 2.75) is 6.92 Å². The molecule has 0 bridgehead atoms. The van der Waals surface area contributed by atoms with Gasteiger partial charge in [0.2, 0.25) is 0 Å². The van der Waals surface area contributed by atoms with Gasteiger partial charge in [0, 0.05) is 5.39 Å². The van der Waals surface area contributed by atoms with E-state index in [9.17, 15) is 0 Å². The van der Waals surface area contributed by atoms with Gasteiger partial charge in [-0.1, -0.05) is 0 Å². The Kier molecular flexibility index (Phi) is 2.04. The quantitative estimate of drug-likeness (QED) is 0.762. The Morgan fingerprint density at radius 3 is 2.85 bits per heavy atom. The van der Waals surface area contributed by atoms with E-state index in [1.165, 1.54) is 0 Å². The molecule has 0 amide bonds. The molecule has 0 radical (unpaired) electrons. The number of halogens is 1. The fourth-order valence-electron chi connectivity index (χ4n) is 1.31. The van der Waals surface area contributed by atoms with Crippen LogP contribution in [0, 0.1) is 6.92 Å². The average molecular weight is 241 g/mol. The molecule has 2 nitrogen and oxygen atoms in total. The molecule has 0 unspecified atom stereocenters. The zero-order valence-corrected chi connectivity index (χ0v) is 9.01. The SMILES string of the molecule is COc1cc2c(C)coc2cc1Br. The molecule has 0 spiro atoms. The van der Waals surface area contributed by atoms with Crippen molar-refractivity contribution in [1.29, 1.82) is 0 Å². The van der Waals surface area contributed by atoms with Crippen LogP contribution in [-0.2, 0) is 0 Å². The Labute approximate surface area is 84.6 Å². The Morgan fingerprint density at radius 2 is 2.15 bits per heavy atom. The maximum absolute atomic E-state index is 5.34. The number of benzene rings is 1. The zero-order chi connectivity index (χ0) is 9.42. The molecule has 0 saturated carbocycles. The highest BCUT2D eigenvalue weighted by Gasteiger charge is 2.07. The summed E-state index contributed by atoms with van der Waals surface area (Å²) in [4.78, 5) is 0. The van der Waals surface area contributed by atoms with Crippen LogP contribution < -0.4 is 4.74 Å². The number of methoxy groups -OCH3 is 1. The number of fused-ring (bicyclic) bond motifs is 1. The van der Waals surface area contributed by atoms with Gasteiger partial charge < -0.3 is 9.15 Å². The second kappa shape index (κ2) is 3.07. The van der Waals surface area contributed by atoms with Gasteiger partial charge in [0.15, 0.2) is 0 Å². The minimum absolute atomic E-state index is 0.831. The van der Waals surface area contributed by atoms with Crippen molar-refractivity contribution in [3.05, 3.63) is 28.4 Å². The van der Waals surface area contributed by atoms with Gasteiger partial charge in [0.25, 0.3) is 0 Å². The molecule has 0 aliphatic rings. The molecule has 1 aromatic carbocycles. The van der Waals surface area contributed by atoms with Crippen molar-refractivity contribution in [3.63, 3.8) is 0 Å². The molecular formula is C10H9BrO2. The van der Waals surface area contributed by atoms with Crippen LogP contribution in [0.1, 0.15) is 5.56 Å². The van der Waals surface area contributed by atoms with Crippen molar-refractivity contribution in [1.82, 2.24) is 0 Å². The first-order valence-corrected chi connectivity index (χ1v) is 4.73. The lowest BCUT2D eigenvalue weighted by Crippen LogP contribution is -1.83. The summed E-state index contributed by atoms with van der Waals surface area (Å²) in [6.07, 6.45) is 1.75. The van der Waals surface area contributed by atoms with E-state index in [0.29, 0.717) is 0 Å². The molecule has 0 N–H and O–H groups in total. The standard InChI is InChI=1S/C10H9BrO2/c1-6-5-13-9-4-8(11)10(12-2)3-7(6)9/h3-5H,1-2H3.